The van der Waals surface area contributed by atoms with E-state index in [1.807, 2.05) is 12.4 Å². The Labute approximate surface area is 218 Å². The van der Waals surface area contributed by atoms with Gasteiger partial charge in [-0.15, -0.1) is 0 Å². The van der Waals surface area contributed by atoms with E-state index in [1.165, 1.54) is 23.1 Å². The molecule has 3 aliphatic rings. The van der Waals surface area contributed by atoms with E-state index in [0.717, 1.165) is 62.5 Å². The van der Waals surface area contributed by atoms with E-state index in [9.17, 15) is 0 Å². The molecule has 0 bridgehead atoms. The van der Waals surface area contributed by atoms with E-state index < -0.39 is 0 Å². The van der Waals surface area contributed by atoms with Gasteiger partial charge < -0.3 is 29.6 Å². The zero-order valence-corrected chi connectivity index (χ0v) is 21.4. The number of hydrogen-bond acceptors (Lipinski definition) is 8. The SMILES string of the molecule is [C-]#[N+]C[C@H]1CN(c2nc(OC[C@@H]3CCCN3C)nc3c2CCN(c2cccc4ccncc24)C3)CCN1. The average Bonchev–Trinajstić information content (AvgIpc) is 3.35. The maximum Gasteiger partial charge on any atom is 0.318 e. The molecule has 2 saturated heterocycles. The molecule has 1 N–H and O–H groups in total. The maximum absolute atomic E-state index is 7.32. The summed E-state index contributed by atoms with van der Waals surface area (Å²) in [6, 6.07) is 9.51. The maximum atomic E-state index is 7.32. The first kappa shape index (κ1) is 23.9. The first-order chi connectivity index (χ1) is 18.2. The number of pyridine rings is 1. The molecule has 2 aromatic heterocycles. The summed E-state index contributed by atoms with van der Waals surface area (Å²) in [5.41, 5.74) is 3.43. The molecule has 0 amide bonds. The molecule has 192 valence electrons. The first-order valence-electron chi connectivity index (χ1n) is 13.3. The Hall–Kier alpha value is -3.48. The van der Waals surface area contributed by atoms with Crippen molar-refractivity contribution in [1.82, 2.24) is 25.2 Å². The molecule has 0 aliphatic carbocycles. The molecule has 9 nitrogen and oxygen atoms in total. The van der Waals surface area contributed by atoms with Crippen LogP contribution in [0.15, 0.2) is 36.7 Å². The number of fused-ring (bicyclic) bond motifs is 2. The molecule has 5 heterocycles. The number of rotatable bonds is 6. The van der Waals surface area contributed by atoms with Crippen molar-refractivity contribution in [3.05, 3.63) is 59.3 Å². The average molecular weight is 499 g/mol. The van der Waals surface area contributed by atoms with Crippen molar-refractivity contribution in [2.75, 3.05) is 62.7 Å². The Balaban J connectivity index is 1.32. The lowest BCUT2D eigenvalue weighted by atomic mass is 10.0. The molecule has 37 heavy (non-hydrogen) atoms. The van der Waals surface area contributed by atoms with Crippen LogP contribution >= 0.6 is 0 Å². The Morgan fingerprint density at radius 2 is 2.11 bits per heavy atom. The number of benzene rings is 1. The van der Waals surface area contributed by atoms with Crippen LogP contribution in [-0.2, 0) is 13.0 Å². The van der Waals surface area contributed by atoms with Crippen molar-refractivity contribution in [2.24, 2.45) is 0 Å². The Morgan fingerprint density at radius 3 is 2.97 bits per heavy atom. The minimum Gasteiger partial charge on any atom is -0.462 e. The van der Waals surface area contributed by atoms with Gasteiger partial charge in [0.25, 0.3) is 0 Å². The smallest absolute Gasteiger partial charge is 0.318 e. The normalized spacial score (nSPS) is 22.2. The second kappa shape index (κ2) is 10.5. The zero-order valence-electron chi connectivity index (χ0n) is 21.4. The van der Waals surface area contributed by atoms with Gasteiger partial charge in [0.05, 0.1) is 18.3 Å². The second-order valence-electron chi connectivity index (χ2n) is 10.3. The monoisotopic (exact) mass is 498 g/mol. The third-order valence-corrected chi connectivity index (χ3v) is 7.97. The summed E-state index contributed by atoms with van der Waals surface area (Å²) in [6.07, 6.45) is 7.02. The van der Waals surface area contributed by atoms with E-state index in [4.69, 9.17) is 21.3 Å². The lowest BCUT2D eigenvalue weighted by Gasteiger charge is -2.37. The molecular weight excluding hydrogens is 464 g/mol. The first-order valence-corrected chi connectivity index (χ1v) is 13.3. The molecule has 0 radical (unpaired) electrons. The Morgan fingerprint density at radius 1 is 1.16 bits per heavy atom. The van der Waals surface area contributed by atoms with Gasteiger partial charge >= 0.3 is 6.01 Å². The van der Waals surface area contributed by atoms with Crippen molar-refractivity contribution in [3.63, 3.8) is 0 Å². The van der Waals surface area contributed by atoms with Crippen LogP contribution < -0.4 is 19.9 Å². The summed E-state index contributed by atoms with van der Waals surface area (Å²) >= 11 is 0. The predicted molar refractivity (Wildman–Crippen MR) is 145 cm³/mol. The molecule has 3 aromatic rings. The van der Waals surface area contributed by atoms with Crippen LogP contribution in [0.5, 0.6) is 6.01 Å². The van der Waals surface area contributed by atoms with E-state index >= 15 is 0 Å². The number of nitrogens with one attached hydrogen (secondary N) is 1. The number of hydrogen-bond donors (Lipinski definition) is 1. The number of likely N-dealkylation sites (N-methyl/N-ethyl adjacent to an activating group) is 1. The standard InChI is InChI=1S/C28H34N8O/c1-29-15-21-17-36(14-11-31-21)27-23-9-13-35(26-7-3-5-20-8-10-30-16-24(20)26)18-25(23)32-28(33-27)37-19-22-6-4-12-34(22)2/h3,5,7-8,10,16,21-22,31H,4,6,9,11-15,17-19H2,2H3/t21-,22-/m0/s1. The molecule has 2 atom stereocenters. The number of piperazine rings is 1. The molecule has 0 unspecified atom stereocenters. The van der Waals surface area contributed by atoms with Gasteiger partial charge in [-0.05, 0) is 50.4 Å². The molecule has 0 saturated carbocycles. The van der Waals surface area contributed by atoms with Gasteiger partial charge in [-0.25, -0.2) is 6.57 Å². The second-order valence-corrected chi connectivity index (χ2v) is 10.3. The minimum atomic E-state index is 0.150. The highest BCUT2D eigenvalue weighted by Gasteiger charge is 2.30. The fraction of sp³-hybridized carbons (Fsp3) is 0.500. The summed E-state index contributed by atoms with van der Waals surface area (Å²) in [6.45, 7) is 13.6. The van der Waals surface area contributed by atoms with Crippen LogP contribution in [0.2, 0.25) is 0 Å². The van der Waals surface area contributed by atoms with Gasteiger partial charge in [0.1, 0.15) is 12.4 Å². The van der Waals surface area contributed by atoms with Crippen molar-refractivity contribution in [3.8, 4) is 6.01 Å². The Bertz CT molecular complexity index is 1300. The Kier molecular flexibility index (Phi) is 6.77. The summed E-state index contributed by atoms with van der Waals surface area (Å²) in [5.74, 6) is 0.982. The van der Waals surface area contributed by atoms with Crippen LogP contribution in [0, 0.1) is 6.57 Å². The molecule has 6 rings (SSSR count). The number of anilines is 2. The zero-order chi connectivity index (χ0) is 25.2. The topological polar surface area (TPSA) is 74.0 Å². The third-order valence-electron chi connectivity index (χ3n) is 7.97. The highest BCUT2D eigenvalue weighted by molar-refractivity contribution is 5.93. The molecule has 9 heteroatoms. The molecule has 2 fully saturated rings. The molecule has 3 aliphatic heterocycles. The van der Waals surface area contributed by atoms with Gasteiger partial charge in [0.2, 0.25) is 6.54 Å². The highest BCUT2D eigenvalue weighted by atomic mass is 16.5. The number of nitrogens with zero attached hydrogens (tertiary/aromatic N) is 7. The van der Waals surface area contributed by atoms with Crippen LogP contribution in [-0.4, -0.2) is 84.9 Å². The van der Waals surface area contributed by atoms with Gasteiger partial charge in [0.15, 0.2) is 0 Å². The van der Waals surface area contributed by atoms with E-state index in [1.54, 1.807) is 0 Å². The van der Waals surface area contributed by atoms with Crippen molar-refractivity contribution in [1.29, 1.82) is 0 Å². The highest BCUT2D eigenvalue weighted by Crippen LogP contribution is 2.34. The summed E-state index contributed by atoms with van der Waals surface area (Å²) in [5, 5.41) is 5.83. The van der Waals surface area contributed by atoms with Gasteiger partial charge in [-0.2, -0.15) is 9.97 Å². The van der Waals surface area contributed by atoms with Crippen LogP contribution in [0.3, 0.4) is 0 Å². The lowest BCUT2D eigenvalue weighted by molar-refractivity contribution is 0.187. The van der Waals surface area contributed by atoms with Crippen LogP contribution in [0.25, 0.3) is 15.6 Å². The van der Waals surface area contributed by atoms with E-state index in [2.05, 4.69) is 61.2 Å². The molecule has 0 spiro atoms. The third kappa shape index (κ3) is 4.91. The van der Waals surface area contributed by atoms with E-state index in [0.29, 0.717) is 31.7 Å². The largest absolute Gasteiger partial charge is 0.462 e. The van der Waals surface area contributed by atoms with Gasteiger partial charge in [-0.1, -0.05) is 12.1 Å². The van der Waals surface area contributed by atoms with Crippen LogP contribution in [0.4, 0.5) is 11.5 Å². The van der Waals surface area contributed by atoms with Crippen molar-refractivity contribution in [2.45, 2.75) is 37.9 Å². The quantitative estimate of drug-likeness (QED) is 0.520. The number of likely N-dealkylation sites (tertiary alicyclic amines) is 1. The lowest BCUT2D eigenvalue weighted by Crippen LogP contribution is -2.52. The fourth-order valence-corrected chi connectivity index (χ4v) is 5.90. The minimum absolute atomic E-state index is 0.150. The number of aromatic nitrogens is 3. The molecular formula is C28H34N8O. The van der Waals surface area contributed by atoms with Gasteiger partial charge in [0, 0.05) is 61.3 Å². The van der Waals surface area contributed by atoms with E-state index in [-0.39, 0.29) is 6.04 Å². The number of ether oxygens (including phenoxy) is 1. The van der Waals surface area contributed by atoms with Crippen molar-refractivity contribution >= 4 is 22.3 Å². The summed E-state index contributed by atoms with van der Waals surface area (Å²) in [7, 11) is 2.16. The van der Waals surface area contributed by atoms with Gasteiger partial charge in [-0.3, -0.25) is 4.98 Å². The molecule has 1 aromatic carbocycles. The fourth-order valence-electron chi connectivity index (χ4n) is 5.90. The van der Waals surface area contributed by atoms with Crippen LogP contribution in [0.1, 0.15) is 24.1 Å². The summed E-state index contributed by atoms with van der Waals surface area (Å²) < 4.78 is 6.26. The predicted octanol–water partition coefficient (Wildman–Crippen LogP) is 2.76. The summed E-state index contributed by atoms with van der Waals surface area (Å²) in [4.78, 5) is 25.0. The van der Waals surface area contributed by atoms with Crippen molar-refractivity contribution < 1.29 is 4.74 Å².